The minimum absolute atomic E-state index is 0.122. The van der Waals surface area contributed by atoms with E-state index in [-0.39, 0.29) is 11.4 Å². The lowest BCUT2D eigenvalue weighted by Crippen LogP contribution is -2.06. The minimum Gasteiger partial charge on any atom is -0.380 e. The molecule has 3 aromatic rings. The zero-order valence-corrected chi connectivity index (χ0v) is 7.65. The topological polar surface area (TPSA) is 84.9 Å². The molecule has 0 unspecified atom stereocenters. The lowest BCUT2D eigenvalue weighted by Gasteiger charge is -1.96. The first-order chi connectivity index (χ1) is 7.27. The predicted molar refractivity (Wildman–Crippen MR) is 56.5 cm³/mol. The number of aromatic nitrogens is 2. The van der Waals surface area contributed by atoms with Crippen LogP contribution in [0.2, 0.25) is 0 Å². The molecule has 74 valence electrons. The summed E-state index contributed by atoms with van der Waals surface area (Å²) in [6.45, 7) is 0. The van der Waals surface area contributed by atoms with Gasteiger partial charge in [0.25, 0.3) is 5.56 Å². The van der Waals surface area contributed by atoms with Gasteiger partial charge in [-0.05, 0) is 12.1 Å². The second-order valence-electron chi connectivity index (χ2n) is 3.27. The SMILES string of the molecule is Nc1noc2c1c(=O)[nH]c1ccccc12. The molecule has 0 aliphatic carbocycles. The monoisotopic (exact) mass is 201 g/mol. The third kappa shape index (κ3) is 0.969. The Balaban J connectivity index is 2.71. The maximum atomic E-state index is 11.6. The van der Waals surface area contributed by atoms with Crippen LogP contribution in [0, 0.1) is 0 Å². The quantitative estimate of drug-likeness (QED) is 0.573. The third-order valence-electron chi connectivity index (χ3n) is 2.37. The fourth-order valence-electron chi connectivity index (χ4n) is 1.68. The van der Waals surface area contributed by atoms with Crippen molar-refractivity contribution >= 4 is 27.7 Å². The molecule has 3 N–H and O–H groups in total. The van der Waals surface area contributed by atoms with E-state index in [1.165, 1.54) is 0 Å². The molecule has 1 aromatic carbocycles. The summed E-state index contributed by atoms with van der Waals surface area (Å²) in [5.74, 6) is 0.122. The average Bonchev–Trinajstić information content (AvgIpc) is 2.62. The Kier molecular flexibility index (Phi) is 1.39. The summed E-state index contributed by atoms with van der Waals surface area (Å²) in [6.07, 6.45) is 0. The van der Waals surface area contributed by atoms with Crippen molar-refractivity contribution in [3.05, 3.63) is 34.6 Å². The maximum absolute atomic E-state index is 11.6. The van der Waals surface area contributed by atoms with Crippen molar-refractivity contribution in [3.8, 4) is 0 Å². The molecule has 0 fully saturated rings. The molecular formula is C10H7N3O2. The lowest BCUT2D eigenvalue weighted by molar-refractivity contribution is 0.462. The molecule has 0 saturated heterocycles. The van der Waals surface area contributed by atoms with Crippen molar-refractivity contribution in [2.24, 2.45) is 0 Å². The van der Waals surface area contributed by atoms with Crippen molar-refractivity contribution < 1.29 is 4.52 Å². The van der Waals surface area contributed by atoms with E-state index in [1.54, 1.807) is 6.07 Å². The number of fused-ring (bicyclic) bond motifs is 3. The van der Waals surface area contributed by atoms with Crippen LogP contribution in [0.4, 0.5) is 5.82 Å². The second kappa shape index (κ2) is 2.60. The number of H-pyrrole nitrogens is 1. The third-order valence-corrected chi connectivity index (χ3v) is 2.37. The zero-order chi connectivity index (χ0) is 10.4. The van der Waals surface area contributed by atoms with Crippen LogP contribution in [-0.2, 0) is 0 Å². The standard InChI is InChI=1S/C10H7N3O2/c11-9-7-8(15-13-9)5-3-1-2-4-6(5)12-10(7)14/h1-4H,(H2,11,13)(H,12,14). The maximum Gasteiger partial charge on any atom is 0.263 e. The van der Waals surface area contributed by atoms with Crippen molar-refractivity contribution in [1.82, 2.24) is 10.1 Å². The molecule has 5 nitrogen and oxygen atoms in total. The molecule has 0 spiro atoms. The van der Waals surface area contributed by atoms with Gasteiger partial charge in [-0.2, -0.15) is 0 Å². The number of rotatable bonds is 0. The van der Waals surface area contributed by atoms with Gasteiger partial charge < -0.3 is 15.2 Å². The van der Waals surface area contributed by atoms with E-state index in [1.807, 2.05) is 18.2 Å². The normalized spacial score (nSPS) is 11.2. The molecule has 0 bridgehead atoms. The minimum atomic E-state index is -0.276. The number of nitrogens with two attached hydrogens (primary N) is 1. The number of nitrogen functional groups attached to an aromatic ring is 1. The Morgan fingerprint density at radius 2 is 2.13 bits per heavy atom. The van der Waals surface area contributed by atoms with E-state index in [9.17, 15) is 4.79 Å². The molecule has 0 aliphatic rings. The fraction of sp³-hybridized carbons (Fsp3) is 0. The molecule has 0 amide bonds. The zero-order valence-electron chi connectivity index (χ0n) is 7.65. The number of hydrogen-bond donors (Lipinski definition) is 2. The van der Waals surface area contributed by atoms with Gasteiger partial charge in [0.1, 0.15) is 5.39 Å². The van der Waals surface area contributed by atoms with Crippen molar-refractivity contribution in [2.75, 3.05) is 5.73 Å². The van der Waals surface area contributed by atoms with Crippen LogP contribution in [0.3, 0.4) is 0 Å². The highest BCUT2D eigenvalue weighted by Gasteiger charge is 2.12. The summed E-state index contributed by atoms with van der Waals surface area (Å²) < 4.78 is 5.05. The molecule has 15 heavy (non-hydrogen) atoms. The van der Waals surface area contributed by atoms with Gasteiger partial charge in [0.05, 0.1) is 5.52 Å². The number of pyridine rings is 1. The first-order valence-electron chi connectivity index (χ1n) is 4.43. The van der Waals surface area contributed by atoms with E-state index in [0.717, 1.165) is 5.39 Å². The highest BCUT2D eigenvalue weighted by Crippen LogP contribution is 2.23. The number of para-hydroxylation sites is 1. The van der Waals surface area contributed by atoms with Gasteiger partial charge in [0, 0.05) is 5.39 Å². The number of nitrogens with one attached hydrogen (secondary N) is 1. The van der Waals surface area contributed by atoms with Gasteiger partial charge >= 0.3 is 0 Å². The second-order valence-corrected chi connectivity index (χ2v) is 3.27. The fourth-order valence-corrected chi connectivity index (χ4v) is 1.68. The molecule has 2 heterocycles. The van der Waals surface area contributed by atoms with Gasteiger partial charge in [-0.25, -0.2) is 0 Å². The van der Waals surface area contributed by atoms with Gasteiger partial charge in [-0.1, -0.05) is 17.3 Å². The molecule has 5 heteroatoms. The first-order valence-corrected chi connectivity index (χ1v) is 4.43. The smallest absolute Gasteiger partial charge is 0.263 e. The lowest BCUT2D eigenvalue weighted by atomic mass is 10.2. The highest BCUT2D eigenvalue weighted by molar-refractivity contribution is 6.04. The number of aromatic amines is 1. The van der Waals surface area contributed by atoms with E-state index >= 15 is 0 Å². The van der Waals surface area contributed by atoms with Gasteiger partial charge in [0.15, 0.2) is 11.4 Å². The average molecular weight is 201 g/mol. The number of anilines is 1. The van der Waals surface area contributed by atoms with E-state index in [0.29, 0.717) is 16.5 Å². The Morgan fingerprint density at radius 1 is 1.33 bits per heavy atom. The Hall–Kier alpha value is -2.30. The summed E-state index contributed by atoms with van der Waals surface area (Å²) in [5, 5.41) is 4.71. The van der Waals surface area contributed by atoms with Gasteiger partial charge in [-0.15, -0.1) is 0 Å². The molecule has 3 rings (SSSR count). The first kappa shape index (κ1) is 8.05. The number of hydrogen-bond acceptors (Lipinski definition) is 4. The molecule has 0 radical (unpaired) electrons. The van der Waals surface area contributed by atoms with Gasteiger partial charge in [0.2, 0.25) is 0 Å². The molecule has 0 saturated carbocycles. The summed E-state index contributed by atoms with van der Waals surface area (Å²) in [4.78, 5) is 14.4. The Bertz CT molecular complexity index is 711. The molecule has 0 atom stereocenters. The van der Waals surface area contributed by atoms with Crippen LogP contribution in [-0.4, -0.2) is 10.1 Å². The Labute approximate surface area is 83.5 Å². The predicted octanol–water partition coefficient (Wildman–Crippen LogP) is 1.25. The van der Waals surface area contributed by atoms with E-state index in [4.69, 9.17) is 10.3 Å². The van der Waals surface area contributed by atoms with Crippen LogP contribution in [0.15, 0.2) is 33.6 Å². The molecule has 2 aromatic heterocycles. The summed E-state index contributed by atoms with van der Waals surface area (Å²) in [7, 11) is 0. The van der Waals surface area contributed by atoms with Crippen LogP contribution in [0.5, 0.6) is 0 Å². The van der Waals surface area contributed by atoms with E-state index in [2.05, 4.69) is 10.1 Å². The largest absolute Gasteiger partial charge is 0.380 e. The van der Waals surface area contributed by atoms with Gasteiger partial charge in [-0.3, -0.25) is 4.79 Å². The van der Waals surface area contributed by atoms with Crippen molar-refractivity contribution in [1.29, 1.82) is 0 Å². The Morgan fingerprint density at radius 3 is 3.00 bits per heavy atom. The van der Waals surface area contributed by atoms with Crippen LogP contribution in [0.25, 0.3) is 21.9 Å². The van der Waals surface area contributed by atoms with Crippen molar-refractivity contribution in [2.45, 2.75) is 0 Å². The molecule has 0 aliphatic heterocycles. The van der Waals surface area contributed by atoms with E-state index < -0.39 is 0 Å². The summed E-state index contributed by atoms with van der Waals surface area (Å²) >= 11 is 0. The van der Waals surface area contributed by atoms with Crippen molar-refractivity contribution in [3.63, 3.8) is 0 Å². The summed E-state index contributed by atoms with van der Waals surface area (Å²) in [5.41, 5.74) is 6.42. The van der Waals surface area contributed by atoms with Crippen LogP contribution in [0.1, 0.15) is 0 Å². The van der Waals surface area contributed by atoms with Crippen LogP contribution >= 0.6 is 0 Å². The highest BCUT2D eigenvalue weighted by atomic mass is 16.5. The van der Waals surface area contributed by atoms with Crippen LogP contribution < -0.4 is 11.3 Å². The number of benzene rings is 1. The number of nitrogens with zero attached hydrogens (tertiary/aromatic N) is 1. The summed E-state index contributed by atoms with van der Waals surface area (Å²) in [6, 6.07) is 7.34. The molecular weight excluding hydrogens is 194 g/mol.